The molecule has 10 heteroatoms. The fourth-order valence-electron chi connectivity index (χ4n) is 3.36. The summed E-state index contributed by atoms with van der Waals surface area (Å²) in [5.74, 6) is -1.72. The third-order valence-corrected chi connectivity index (χ3v) is 6.14. The number of piperidine rings is 1. The van der Waals surface area contributed by atoms with Crippen LogP contribution >= 0.6 is 0 Å². The van der Waals surface area contributed by atoms with Gasteiger partial charge >= 0.3 is 11.9 Å². The Morgan fingerprint density at radius 3 is 2.70 bits per heavy atom. The second-order valence-electron chi connectivity index (χ2n) is 6.86. The molecular weight excluding hydrogens is 410 g/mol. The van der Waals surface area contributed by atoms with Crippen LogP contribution in [-0.4, -0.2) is 50.1 Å². The number of carboxylic acid groups (broad SMARTS) is 1. The standard InChI is InChI=1S/C20H23N3O6S/c1-2-29-20(26)14-7-6-10-23(13-14)18-17(19(24)25)11-15(12-21-18)22-30(27,28)16-8-4-3-5-9-16/h3-5,8-9,11-12,14,22H,2,6-7,10,13H2,1H3,(H,24,25)/t14-/m0/s1. The highest BCUT2D eigenvalue weighted by molar-refractivity contribution is 7.92. The lowest BCUT2D eigenvalue weighted by Gasteiger charge is -2.33. The predicted molar refractivity (Wildman–Crippen MR) is 110 cm³/mol. The Hall–Kier alpha value is -3.14. The summed E-state index contributed by atoms with van der Waals surface area (Å²) < 4.78 is 32.4. The molecule has 0 saturated carbocycles. The van der Waals surface area contributed by atoms with E-state index in [-0.39, 0.29) is 40.5 Å². The SMILES string of the molecule is CCOC(=O)[C@H]1CCCN(c2ncc(NS(=O)(=O)c3ccccc3)cc2C(=O)O)C1. The summed E-state index contributed by atoms with van der Waals surface area (Å²) in [7, 11) is -3.88. The molecular formula is C20H23N3O6S. The van der Waals surface area contributed by atoms with E-state index in [0.29, 0.717) is 25.9 Å². The largest absolute Gasteiger partial charge is 0.478 e. The normalized spacial score (nSPS) is 16.7. The summed E-state index contributed by atoms with van der Waals surface area (Å²) >= 11 is 0. The number of rotatable bonds is 7. The van der Waals surface area contributed by atoms with Crippen molar-refractivity contribution in [3.63, 3.8) is 0 Å². The molecule has 2 N–H and O–H groups in total. The predicted octanol–water partition coefficient (Wildman–Crippen LogP) is 2.36. The zero-order valence-electron chi connectivity index (χ0n) is 16.4. The molecule has 1 aromatic heterocycles. The molecule has 1 aliphatic rings. The van der Waals surface area contributed by atoms with E-state index in [4.69, 9.17) is 4.74 Å². The number of ether oxygens (including phenoxy) is 1. The number of aromatic carboxylic acids is 1. The van der Waals surface area contributed by atoms with Gasteiger partial charge in [0.2, 0.25) is 0 Å². The van der Waals surface area contributed by atoms with Crippen LogP contribution in [-0.2, 0) is 19.6 Å². The van der Waals surface area contributed by atoms with Crippen LogP contribution in [0.4, 0.5) is 11.5 Å². The Bertz CT molecular complexity index is 1030. The van der Waals surface area contributed by atoms with Gasteiger partial charge in [-0.2, -0.15) is 0 Å². The molecule has 0 unspecified atom stereocenters. The average molecular weight is 433 g/mol. The highest BCUT2D eigenvalue weighted by Crippen LogP contribution is 2.28. The summed E-state index contributed by atoms with van der Waals surface area (Å²) in [5, 5.41) is 9.66. The lowest BCUT2D eigenvalue weighted by Crippen LogP contribution is -2.40. The second kappa shape index (κ2) is 9.12. The fourth-order valence-corrected chi connectivity index (χ4v) is 4.41. The van der Waals surface area contributed by atoms with E-state index in [1.807, 2.05) is 0 Å². The monoisotopic (exact) mass is 433 g/mol. The first-order chi connectivity index (χ1) is 14.3. The minimum absolute atomic E-state index is 0.0407. The fraction of sp³-hybridized carbons (Fsp3) is 0.350. The van der Waals surface area contributed by atoms with Crippen LogP contribution < -0.4 is 9.62 Å². The lowest BCUT2D eigenvalue weighted by molar-refractivity contribution is -0.148. The van der Waals surface area contributed by atoms with Gasteiger partial charge in [0.1, 0.15) is 11.4 Å². The van der Waals surface area contributed by atoms with Gasteiger partial charge in [-0.25, -0.2) is 18.2 Å². The molecule has 3 rings (SSSR count). The molecule has 2 aromatic rings. The molecule has 1 aliphatic heterocycles. The number of nitrogens with zero attached hydrogens (tertiary/aromatic N) is 2. The molecule has 30 heavy (non-hydrogen) atoms. The highest BCUT2D eigenvalue weighted by atomic mass is 32.2. The maximum atomic E-state index is 12.5. The number of aromatic nitrogens is 1. The number of hydrogen-bond acceptors (Lipinski definition) is 7. The molecule has 0 aliphatic carbocycles. The summed E-state index contributed by atoms with van der Waals surface area (Å²) in [6.45, 7) is 2.85. The van der Waals surface area contributed by atoms with Gasteiger partial charge in [-0.1, -0.05) is 18.2 Å². The Morgan fingerprint density at radius 1 is 1.30 bits per heavy atom. The number of benzene rings is 1. The topological polar surface area (TPSA) is 126 Å². The third-order valence-electron chi connectivity index (χ3n) is 4.74. The molecule has 0 spiro atoms. The number of nitrogens with one attached hydrogen (secondary N) is 1. The summed E-state index contributed by atoms with van der Waals surface area (Å²) in [5.41, 5.74) is -0.105. The Kier molecular flexibility index (Phi) is 6.56. The quantitative estimate of drug-likeness (QED) is 0.638. The first kappa shape index (κ1) is 21.6. The zero-order valence-corrected chi connectivity index (χ0v) is 17.3. The average Bonchev–Trinajstić information content (AvgIpc) is 2.74. The van der Waals surface area contributed by atoms with Crippen LogP contribution in [0.3, 0.4) is 0 Å². The van der Waals surface area contributed by atoms with Crippen LogP contribution in [0.25, 0.3) is 0 Å². The van der Waals surface area contributed by atoms with Crippen molar-refractivity contribution in [2.75, 3.05) is 29.3 Å². The maximum Gasteiger partial charge on any atom is 0.339 e. The second-order valence-corrected chi connectivity index (χ2v) is 8.54. The van der Waals surface area contributed by atoms with Crippen LogP contribution in [0.15, 0.2) is 47.5 Å². The van der Waals surface area contributed by atoms with E-state index in [1.54, 1.807) is 30.0 Å². The number of carbonyl (C=O) groups is 2. The molecule has 0 radical (unpaired) electrons. The Labute approximate surface area is 174 Å². The number of hydrogen-bond donors (Lipinski definition) is 2. The van der Waals surface area contributed by atoms with E-state index in [2.05, 4.69) is 9.71 Å². The van der Waals surface area contributed by atoms with Crippen molar-refractivity contribution in [2.45, 2.75) is 24.7 Å². The Balaban J connectivity index is 1.85. The number of carboxylic acids is 1. The smallest absolute Gasteiger partial charge is 0.339 e. The van der Waals surface area contributed by atoms with Crippen LogP contribution in [0.2, 0.25) is 0 Å². The maximum absolute atomic E-state index is 12.5. The van der Waals surface area contributed by atoms with Crippen molar-refractivity contribution in [3.05, 3.63) is 48.2 Å². The van der Waals surface area contributed by atoms with Crippen LogP contribution in [0.1, 0.15) is 30.1 Å². The first-order valence-corrected chi connectivity index (χ1v) is 11.0. The summed E-state index contributed by atoms with van der Waals surface area (Å²) in [4.78, 5) is 29.9. The van der Waals surface area contributed by atoms with E-state index in [1.165, 1.54) is 24.4 Å². The Morgan fingerprint density at radius 2 is 2.03 bits per heavy atom. The van der Waals surface area contributed by atoms with E-state index < -0.39 is 16.0 Å². The van der Waals surface area contributed by atoms with E-state index in [9.17, 15) is 23.1 Å². The molecule has 9 nitrogen and oxygen atoms in total. The van der Waals surface area contributed by atoms with Crippen LogP contribution in [0.5, 0.6) is 0 Å². The van der Waals surface area contributed by atoms with Gasteiger partial charge in [-0.3, -0.25) is 9.52 Å². The molecule has 0 amide bonds. The molecule has 2 heterocycles. The number of pyridine rings is 1. The van der Waals surface area contributed by atoms with Gasteiger partial charge in [0.05, 0.1) is 29.3 Å². The van der Waals surface area contributed by atoms with Gasteiger partial charge < -0.3 is 14.7 Å². The van der Waals surface area contributed by atoms with E-state index in [0.717, 1.165) is 0 Å². The number of sulfonamides is 1. The minimum Gasteiger partial charge on any atom is -0.478 e. The first-order valence-electron chi connectivity index (χ1n) is 9.54. The van der Waals surface area contributed by atoms with Crippen molar-refractivity contribution >= 4 is 33.5 Å². The number of esters is 1. The molecule has 1 saturated heterocycles. The highest BCUT2D eigenvalue weighted by Gasteiger charge is 2.30. The van der Waals surface area contributed by atoms with Gasteiger partial charge in [-0.05, 0) is 38.0 Å². The zero-order chi connectivity index (χ0) is 21.7. The van der Waals surface area contributed by atoms with Crippen molar-refractivity contribution in [1.29, 1.82) is 0 Å². The molecule has 1 fully saturated rings. The van der Waals surface area contributed by atoms with Gasteiger partial charge in [0.15, 0.2) is 0 Å². The summed E-state index contributed by atoms with van der Waals surface area (Å²) in [6, 6.07) is 8.99. The number of anilines is 2. The van der Waals surface area contributed by atoms with Gasteiger partial charge in [0, 0.05) is 13.1 Å². The minimum atomic E-state index is -3.88. The van der Waals surface area contributed by atoms with E-state index >= 15 is 0 Å². The van der Waals surface area contributed by atoms with Crippen molar-refractivity contribution < 1.29 is 27.9 Å². The van der Waals surface area contributed by atoms with Crippen LogP contribution in [0, 0.1) is 5.92 Å². The lowest BCUT2D eigenvalue weighted by atomic mass is 9.98. The summed E-state index contributed by atoms with van der Waals surface area (Å²) in [6.07, 6.45) is 2.62. The van der Waals surface area contributed by atoms with Crippen molar-refractivity contribution in [1.82, 2.24) is 4.98 Å². The molecule has 160 valence electrons. The van der Waals surface area contributed by atoms with Crippen molar-refractivity contribution in [3.8, 4) is 0 Å². The van der Waals surface area contributed by atoms with Crippen molar-refractivity contribution in [2.24, 2.45) is 5.92 Å². The molecule has 1 aromatic carbocycles. The molecule has 1 atom stereocenters. The number of carbonyl (C=O) groups excluding carboxylic acids is 1. The molecule has 0 bridgehead atoms. The third kappa shape index (κ3) is 4.88. The van der Waals surface area contributed by atoms with Gasteiger partial charge in [0.25, 0.3) is 10.0 Å². The van der Waals surface area contributed by atoms with Gasteiger partial charge in [-0.15, -0.1) is 0 Å².